The van der Waals surface area contributed by atoms with E-state index in [1.807, 2.05) is 6.92 Å². The molecule has 0 unspecified atom stereocenters. The Hall–Kier alpha value is -0.353. The summed E-state index contributed by atoms with van der Waals surface area (Å²) in [5.41, 5.74) is 0. The van der Waals surface area contributed by atoms with Crippen LogP contribution in [0.2, 0.25) is 18.1 Å². The topological polar surface area (TPSA) is 35.5 Å². The molecule has 1 fully saturated rings. The predicted molar refractivity (Wildman–Crippen MR) is 89.7 cm³/mol. The quantitative estimate of drug-likeness (QED) is 0.554. The fourth-order valence-corrected chi connectivity index (χ4v) is 4.14. The minimum Gasteiger partial charge on any atom is -0.469 e. The molecule has 0 heterocycles. The van der Waals surface area contributed by atoms with Crippen molar-refractivity contribution in [2.75, 3.05) is 13.7 Å². The van der Waals surface area contributed by atoms with Crippen molar-refractivity contribution in [3.8, 4) is 0 Å². The van der Waals surface area contributed by atoms with Crippen LogP contribution in [-0.2, 0) is 14.0 Å². The molecule has 4 heteroatoms. The Labute approximate surface area is 131 Å². The number of esters is 1. The Morgan fingerprint density at radius 1 is 1.29 bits per heavy atom. The molecule has 21 heavy (non-hydrogen) atoms. The van der Waals surface area contributed by atoms with Crippen molar-refractivity contribution in [3.05, 3.63) is 0 Å². The monoisotopic (exact) mass is 314 g/mol. The standard InChI is InChI=1S/C17H34O3Si/c1-12-9-10-14(13(2)16(18)19-6)15(12)11-20-21(7,8)17(3,4)5/h12-15H,9-11H2,1-8H3/t12-,13-,14+,15+/m0/s1. The SMILES string of the molecule is COC(=O)[C@@H](C)[C@H]1CC[C@H](C)[C@H]1CO[Si](C)(C)C(C)(C)C. The van der Waals surface area contributed by atoms with Crippen LogP contribution in [0.1, 0.15) is 47.5 Å². The van der Waals surface area contributed by atoms with Crippen molar-refractivity contribution in [1.82, 2.24) is 0 Å². The van der Waals surface area contributed by atoms with Gasteiger partial charge >= 0.3 is 5.97 Å². The van der Waals surface area contributed by atoms with Crippen LogP contribution in [0.4, 0.5) is 0 Å². The summed E-state index contributed by atoms with van der Waals surface area (Å²) in [5, 5.41) is 0.234. The van der Waals surface area contributed by atoms with Gasteiger partial charge in [-0.15, -0.1) is 0 Å². The van der Waals surface area contributed by atoms with E-state index in [2.05, 4.69) is 40.8 Å². The summed E-state index contributed by atoms with van der Waals surface area (Å²) in [4.78, 5) is 11.9. The Balaban J connectivity index is 2.73. The molecule has 0 aromatic rings. The number of ether oxygens (including phenoxy) is 1. The highest BCUT2D eigenvalue weighted by Crippen LogP contribution is 2.43. The zero-order valence-electron chi connectivity index (χ0n) is 15.2. The fourth-order valence-electron chi connectivity index (χ4n) is 3.10. The Morgan fingerprint density at radius 3 is 2.33 bits per heavy atom. The average molecular weight is 315 g/mol. The summed E-state index contributed by atoms with van der Waals surface area (Å²) in [6.07, 6.45) is 2.31. The number of hydrogen-bond acceptors (Lipinski definition) is 3. The van der Waals surface area contributed by atoms with Gasteiger partial charge in [0.2, 0.25) is 0 Å². The van der Waals surface area contributed by atoms with Gasteiger partial charge in [0, 0.05) is 6.61 Å². The van der Waals surface area contributed by atoms with Gasteiger partial charge < -0.3 is 9.16 Å². The molecule has 0 aromatic heterocycles. The molecule has 0 spiro atoms. The van der Waals surface area contributed by atoms with Gasteiger partial charge in [0.1, 0.15) is 0 Å². The van der Waals surface area contributed by atoms with Gasteiger partial charge in [-0.05, 0) is 42.3 Å². The Kier molecular flexibility index (Phi) is 6.07. The van der Waals surface area contributed by atoms with E-state index < -0.39 is 8.32 Å². The molecule has 1 saturated carbocycles. The average Bonchev–Trinajstić information content (AvgIpc) is 2.74. The van der Waals surface area contributed by atoms with Gasteiger partial charge in [-0.2, -0.15) is 0 Å². The van der Waals surface area contributed by atoms with E-state index >= 15 is 0 Å². The van der Waals surface area contributed by atoms with E-state index in [1.165, 1.54) is 13.5 Å². The van der Waals surface area contributed by atoms with Crippen molar-refractivity contribution in [3.63, 3.8) is 0 Å². The van der Waals surface area contributed by atoms with Gasteiger partial charge in [-0.1, -0.05) is 41.0 Å². The smallest absolute Gasteiger partial charge is 0.308 e. The molecule has 0 bridgehead atoms. The third-order valence-corrected chi connectivity index (χ3v) is 10.4. The zero-order valence-corrected chi connectivity index (χ0v) is 16.2. The van der Waals surface area contributed by atoms with E-state index in [1.54, 1.807) is 0 Å². The maximum Gasteiger partial charge on any atom is 0.308 e. The van der Waals surface area contributed by atoms with Gasteiger partial charge in [-0.3, -0.25) is 4.79 Å². The molecule has 1 aliphatic carbocycles. The second-order valence-electron chi connectivity index (χ2n) is 8.27. The molecule has 4 atom stereocenters. The summed E-state index contributed by atoms with van der Waals surface area (Å²) < 4.78 is 11.4. The summed E-state index contributed by atoms with van der Waals surface area (Å²) in [5.74, 6) is 1.41. The maximum atomic E-state index is 11.9. The minimum absolute atomic E-state index is 0.0204. The Bertz CT molecular complexity index is 360. The maximum absolute atomic E-state index is 11.9. The third-order valence-electron chi connectivity index (χ3n) is 5.89. The molecule has 0 radical (unpaired) electrons. The van der Waals surface area contributed by atoms with Crippen LogP contribution in [0.5, 0.6) is 0 Å². The zero-order chi connectivity index (χ0) is 16.4. The lowest BCUT2D eigenvalue weighted by molar-refractivity contribution is -0.147. The number of methoxy groups -OCH3 is 1. The number of rotatable bonds is 5. The van der Waals surface area contributed by atoms with Crippen LogP contribution in [0.3, 0.4) is 0 Å². The number of hydrogen-bond donors (Lipinski definition) is 0. The van der Waals surface area contributed by atoms with Crippen LogP contribution in [0.25, 0.3) is 0 Å². The van der Waals surface area contributed by atoms with Gasteiger partial charge in [0.15, 0.2) is 8.32 Å². The van der Waals surface area contributed by atoms with Gasteiger partial charge in [0.05, 0.1) is 13.0 Å². The van der Waals surface area contributed by atoms with Crippen molar-refractivity contribution >= 4 is 14.3 Å². The first-order valence-electron chi connectivity index (χ1n) is 8.23. The van der Waals surface area contributed by atoms with Crippen molar-refractivity contribution in [2.45, 2.75) is 65.6 Å². The number of carbonyl (C=O) groups excluding carboxylic acids is 1. The van der Waals surface area contributed by atoms with Crippen molar-refractivity contribution < 1.29 is 14.0 Å². The Morgan fingerprint density at radius 2 is 1.86 bits per heavy atom. The molecule has 0 saturated heterocycles. The first-order chi connectivity index (χ1) is 9.51. The minimum atomic E-state index is -1.72. The van der Waals surface area contributed by atoms with E-state index in [0.717, 1.165) is 13.0 Å². The molecule has 1 aliphatic rings. The first-order valence-corrected chi connectivity index (χ1v) is 11.1. The predicted octanol–water partition coefficient (Wildman–Crippen LogP) is 4.48. The van der Waals surface area contributed by atoms with Crippen LogP contribution >= 0.6 is 0 Å². The lowest BCUT2D eigenvalue weighted by Crippen LogP contribution is -2.43. The molecular formula is C17H34O3Si. The highest BCUT2D eigenvalue weighted by molar-refractivity contribution is 6.74. The normalized spacial score (nSPS) is 28.5. The highest BCUT2D eigenvalue weighted by atomic mass is 28.4. The second-order valence-corrected chi connectivity index (χ2v) is 13.1. The van der Waals surface area contributed by atoms with Crippen molar-refractivity contribution in [1.29, 1.82) is 0 Å². The first kappa shape index (κ1) is 18.7. The van der Waals surface area contributed by atoms with Gasteiger partial charge in [0.25, 0.3) is 0 Å². The molecule has 0 amide bonds. The molecule has 3 nitrogen and oxygen atoms in total. The highest BCUT2D eigenvalue weighted by Gasteiger charge is 2.43. The lowest BCUT2D eigenvalue weighted by atomic mass is 9.83. The van der Waals surface area contributed by atoms with E-state index in [4.69, 9.17) is 9.16 Å². The molecule has 0 aromatic carbocycles. The largest absolute Gasteiger partial charge is 0.469 e. The van der Waals surface area contributed by atoms with E-state index in [0.29, 0.717) is 17.8 Å². The van der Waals surface area contributed by atoms with Gasteiger partial charge in [-0.25, -0.2) is 0 Å². The molecule has 1 rings (SSSR count). The summed E-state index contributed by atoms with van der Waals surface area (Å²) in [6.45, 7) is 16.5. The second kappa shape index (κ2) is 6.82. The van der Waals surface area contributed by atoms with Crippen LogP contribution < -0.4 is 0 Å². The summed E-state index contributed by atoms with van der Waals surface area (Å²) >= 11 is 0. The van der Waals surface area contributed by atoms with E-state index in [9.17, 15) is 4.79 Å². The molecule has 0 N–H and O–H groups in total. The summed E-state index contributed by atoms with van der Waals surface area (Å²) in [7, 11) is -0.234. The molecule has 124 valence electrons. The number of carbonyl (C=O) groups is 1. The molecule has 0 aliphatic heterocycles. The van der Waals surface area contributed by atoms with Crippen LogP contribution in [0.15, 0.2) is 0 Å². The molecular weight excluding hydrogens is 280 g/mol. The van der Waals surface area contributed by atoms with Crippen LogP contribution in [0, 0.1) is 23.7 Å². The lowest BCUT2D eigenvalue weighted by Gasteiger charge is -2.38. The van der Waals surface area contributed by atoms with Crippen molar-refractivity contribution in [2.24, 2.45) is 23.7 Å². The third kappa shape index (κ3) is 4.32. The van der Waals surface area contributed by atoms with Crippen LogP contribution in [-0.4, -0.2) is 28.0 Å². The fraction of sp³-hybridized carbons (Fsp3) is 0.941. The summed E-state index contributed by atoms with van der Waals surface area (Å²) in [6, 6.07) is 0. The van der Waals surface area contributed by atoms with E-state index in [-0.39, 0.29) is 16.9 Å².